The van der Waals surface area contributed by atoms with Crippen LogP contribution in [0.4, 0.5) is 5.69 Å². The Kier molecular flexibility index (Phi) is 4.80. The van der Waals surface area contributed by atoms with Gasteiger partial charge in [0.2, 0.25) is 5.91 Å². The van der Waals surface area contributed by atoms with E-state index in [1.54, 1.807) is 33.8 Å². The number of hydrogen-bond acceptors (Lipinski definition) is 6. The predicted octanol–water partition coefficient (Wildman–Crippen LogP) is 1.45. The van der Waals surface area contributed by atoms with Crippen LogP contribution in [0.15, 0.2) is 29.8 Å². The number of rotatable bonds is 5. The average Bonchev–Trinajstić information content (AvgIpc) is 2.98. The van der Waals surface area contributed by atoms with E-state index in [-0.39, 0.29) is 29.9 Å². The first-order valence-corrected chi connectivity index (χ1v) is 9.01. The van der Waals surface area contributed by atoms with Gasteiger partial charge in [-0.05, 0) is 33.8 Å². The molecule has 153 valence electrons. The molecule has 1 N–H and O–H groups in total. The summed E-state index contributed by atoms with van der Waals surface area (Å²) in [6.45, 7) is 6.61. The molecule has 10 heteroatoms. The van der Waals surface area contributed by atoms with Gasteiger partial charge in [0.05, 0.1) is 27.1 Å². The summed E-state index contributed by atoms with van der Waals surface area (Å²) < 4.78 is 0. The van der Waals surface area contributed by atoms with Crippen molar-refractivity contribution in [2.75, 3.05) is 13.1 Å². The lowest BCUT2D eigenvalue weighted by Gasteiger charge is -2.33. The third-order valence-corrected chi connectivity index (χ3v) is 5.22. The smallest absolute Gasteiger partial charge is 0.270 e. The van der Waals surface area contributed by atoms with Gasteiger partial charge in [-0.25, -0.2) is 0 Å². The lowest BCUT2D eigenvalue weighted by molar-refractivity contribution is -0.384. The van der Waals surface area contributed by atoms with Gasteiger partial charge in [-0.2, -0.15) is 0 Å². The third-order valence-electron chi connectivity index (χ3n) is 5.22. The molecule has 2 aliphatic heterocycles. The number of imide groups is 1. The lowest BCUT2D eigenvalue weighted by atomic mass is 9.96. The molecule has 1 aromatic rings. The predicted molar refractivity (Wildman–Crippen MR) is 100 cm³/mol. The standard InChI is InChI=1S/C19H21N4O6/c1-18(2)10-14(19(3,4)23(18)29)15(24)20-7-8-21-16(25)12-6-5-11(22(27)28)9-13(12)17(21)26/h5-6,9-10H,7-8H2,1-4H3,(H,20,24). The molecule has 0 aromatic heterocycles. The summed E-state index contributed by atoms with van der Waals surface area (Å²) in [5.74, 6) is -1.66. The van der Waals surface area contributed by atoms with Crippen LogP contribution in [0, 0.1) is 10.1 Å². The van der Waals surface area contributed by atoms with E-state index in [1.807, 2.05) is 0 Å². The highest BCUT2D eigenvalue weighted by Gasteiger charge is 2.48. The highest BCUT2D eigenvalue weighted by atomic mass is 16.6. The van der Waals surface area contributed by atoms with Gasteiger partial charge in [-0.3, -0.25) is 29.4 Å². The summed E-state index contributed by atoms with van der Waals surface area (Å²) in [7, 11) is 0. The van der Waals surface area contributed by atoms with E-state index in [0.717, 1.165) is 16.0 Å². The Bertz CT molecular complexity index is 965. The number of non-ortho nitro benzene ring substituents is 1. The van der Waals surface area contributed by atoms with Crippen molar-refractivity contribution in [3.63, 3.8) is 0 Å². The number of carbonyl (C=O) groups is 3. The highest BCUT2D eigenvalue weighted by Crippen LogP contribution is 2.38. The molecule has 0 saturated carbocycles. The largest absolute Gasteiger partial charge is 0.350 e. The van der Waals surface area contributed by atoms with Crippen molar-refractivity contribution >= 4 is 23.4 Å². The summed E-state index contributed by atoms with van der Waals surface area (Å²) in [5, 5.41) is 26.7. The first-order chi connectivity index (χ1) is 13.4. The van der Waals surface area contributed by atoms with Crippen LogP contribution in [-0.4, -0.2) is 56.8 Å². The van der Waals surface area contributed by atoms with E-state index in [4.69, 9.17) is 0 Å². The maximum absolute atomic E-state index is 12.6. The minimum absolute atomic E-state index is 0.0148. The molecule has 0 unspecified atom stereocenters. The summed E-state index contributed by atoms with van der Waals surface area (Å²) >= 11 is 0. The zero-order valence-corrected chi connectivity index (χ0v) is 16.5. The van der Waals surface area contributed by atoms with E-state index in [0.29, 0.717) is 5.57 Å². The van der Waals surface area contributed by atoms with Gasteiger partial charge < -0.3 is 5.32 Å². The molecule has 29 heavy (non-hydrogen) atoms. The Morgan fingerprint density at radius 1 is 1.14 bits per heavy atom. The normalized spacial score (nSPS) is 19.9. The number of amides is 3. The Hall–Kier alpha value is -3.11. The van der Waals surface area contributed by atoms with Crippen LogP contribution in [0.2, 0.25) is 0 Å². The fraction of sp³-hybridized carbons (Fsp3) is 0.421. The molecule has 0 atom stereocenters. The lowest BCUT2D eigenvalue weighted by Crippen LogP contribution is -2.49. The summed E-state index contributed by atoms with van der Waals surface area (Å²) in [4.78, 5) is 48.6. The van der Waals surface area contributed by atoms with Crippen molar-refractivity contribution in [2.45, 2.75) is 38.8 Å². The van der Waals surface area contributed by atoms with Crippen molar-refractivity contribution in [3.8, 4) is 0 Å². The molecular formula is C19H21N4O6. The van der Waals surface area contributed by atoms with Crippen molar-refractivity contribution in [1.29, 1.82) is 0 Å². The molecule has 1 radical (unpaired) electrons. The molecule has 0 spiro atoms. The van der Waals surface area contributed by atoms with Gasteiger partial charge in [-0.1, -0.05) is 6.08 Å². The number of nitro groups is 1. The number of fused-ring (bicyclic) bond motifs is 1. The first kappa shape index (κ1) is 20.6. The monoisotopic (exact) mass is 401 g/mol. The number of hydroxylamine groups is 2. The van der Waals surface area contributed by atoms with Crippen LogP contribution in [0.5, 0.6) is 0 Å². The molecule has 1 aromatic carbocycles. The van der Waals surface area contributed by atoms with Gasteiger partial charge >= 0.3 is 0 Å². The average molecular weight is 401 g/mol. The maximum Gasteiger partial charge on any atom is 0.270 e. The van der Waals surface area contributed by atoms with Crippen molar-refractivity contribution < 1.29 is 24.5 Å². The van der Waals surface area contributed by atoms with Crippen LogP contribution < -0.4 is 5.32 Å². The molecule has 0 bridgehead atoms. The van der Waals surface area contributed by atoms with E-state index in [2.05, 4.69) is 5.32 Å². The second-order valence-corrected chi connectivity index (χ2v) is 8.07. The van der Waals surface area contributed by atoms with Gasteiger partial charge in [0.25, 0.3) is 17.5 Å². The molecule has 2 aliphatic rings. The van der Waals surface area contributed by atoms with Gasteiger partial charge in [0.15, 0.2) is 0 Å². The van der Waals surface area contributed by atoms with E-state index in [9.17, 15) is 29.7 Å². The van der Waals surface area contributed by atoms with Crippen LogP contribution >= 0.6 is 0 Å². The molecule has 0 saturated heterocycles. The minimum atomic E-state index is -1.01. The van der Waals surface area contributed by atoms with Gasteiger partial charge in [0.1, 0.15) is 0 Å². The Balaban J connectivity index is 1.67. The van der Waals surface area contributed by atoms with Crippen molar-refractivity contribution in [3.05, 3.63) is 51.1 Å². The third kappa shape index (κ3) is 3.30. The summed E-state index contributed by atoms with van der Waals surface area (Å²) in [6.07, 6.45) is 1.61. The van der Waals surface area contributed by atoms with Crippen LogP contribution in [0.1, 0.15) is 48.4 Å². The number of nitrogens with zero attached hydrogens (tertiary/aromatic N) is 3. The Morgan fingerprint density at radius 3 is 2.31 bits per heavy atom. The zero-order valence-electron chi connectivity index (χ0n) is 16.5. The molecule has 3 rings (SSSR count). The molecular weight excluding hydrogens is 380 g/mol. The SMILES string of the molecule is CC1(C)C=C(C(=O)NCCN2C(=O)c3ccc([N+](=O)[O-])cc3C2=O)C(C)(C)N1[O]. The van der Waals surface area contributed by atoms with E-state index in [1.165, 1.54) is 12.1 Å². The number of nitro benzene ring substituents is 1. The quantitative estimate of drug-likeness (QED) is 0.451. The van der Waals surface area contributed by atoms with Crippen LogP contribution in [0.25, 0.3) is 0 Å². The van der Waals surface area contributed by atoms with E-state index < -0.39 is 33.7 Å². The van der Waals surface area contributed by atoms with Crippen molar-refractivity contribution in [2.24, 2.45) is 0 Å². The molecule has 0 fully saturated rings. The molecule has 10 nitrogen and oxygen atoms in total. The Morgan fingerprint density at radius 2 is 1.76 bits per heavy atom. The zero-order chi connectivity index (χ0) is 21.7. The fourth-order valence-electron chi connectivity index (χ4n) is 3.73. The number of nitrogens with one attached hydrogen (secondary N) is 1. The topological polar surface area (TPSA) is 133 Å². The number of carbonyl (C=O) groups excluding carboxylic acids is 3. The van der Waals surface area contributed by atoms with Crippen LogP contribution in [-0.2, 0) is 10.0 Å². The fourth-order valence-corrected chi connectivity index (χ4v) is 3.73. The maximum atomic E-state index is 12.6. The molecule has 0 aliphatic carbocycles. The highest BCUT2D eigenvalue weighted by molar-refractivity contribution is 6.21. The first-order valence-electron chi connectivity index (χ1n) is 9.01. The van der Waals surface area contributed by atoms with E-state index >= 15 is 0 Å². The second-order valence-electron chi connectivity index (χ2n) is 8.07. The minimum Gasteiger partial charge on any atom is -0.350 e. The second kappa shape index (κ2) is 6.75. The number of benzene rings is 1. The van der Waals surface area contributed by atoms with Crippen LogP contribution in [0.3, 0.4) is 0 Å². The summed E-state index contributed by atoms with van der Waals surface area (Å²) in [6, 6.07) is 3.49. The van der Waals surface area contributed by atoms with Gasteiger partial charge in [-0.15, -0.1) is 10.3 Å². The summed E-state index contributed by atoms with van der Waals surface area (Å²) in [5.41, 5.74) is -1.74. The molecule has 3 amide bonds. The Labute approximate surface area is 166 Å². The van der Waals surface area contributed by atoms with Crippen molar-refractivity contribution in [1.82, 2.24) is 15.3 Å². The van der Waals surface area contributed by atoms with Gasteiger partial charge in [0, 0.05) is 30.8 Å². The number of hydrogen-bond donors (Lipinski definition) is 1. The molecule has 2 heterocycles.